The maximum Gasteiger partial charge on any atom is 0.354 e. The second-order valence-corrected chi connectivity index (χ2v) is 11.0. The summed E-state index contributed by atoms with van der Waals surface area (Å²) in [5.41, 5.74) is 4.44. The quantitative estimate of drug-likeness (QED) is 0.168. The Morgan fingerprint density at radius 2 is 1.59 bits per heavy atom. The highest BCUT2D eigenvalue weighted by Crippen LogP contribution is 2.36. The number of hydrogen-bond acceptors (Lipinski definition) is 4. The van der Waals surface area contributed by atoms with Crippen molar-refractivity contribution in [3.05, 3.63) is 107 Å². The number of rotatable bonds is 10. The first-order valence-corrected chi connectivity index (χ1v) is 14.9. The zero-order valence-electron chi connectivity index (χ0n) is 23.8. The van der Waals surface area contributed by atoms with Crippen molar-refractivity contribution in [3.8, 4) is 0 Å². The number of ether oxygens (including phenoxy) is 1. The van der Waals surface area contributed by atoms with Crippen LogP contribution in [0.2, 0.25) is 0 Å². The van der Waals surface area contributed by atoms with E-state index in [1.54, 1.807) is 0 Å². The molecule has 41 heavy (non-hydrogen) atoms. The Morgan fingerprint density at radius 3 is 2.27 bits per heavy atom. The molecule has 3 aromatic carbocycles. The fraction of sp³-hybridized carbons (Fsp3) is 0.371. The van der Waals surface area contributed by atoms with E-state index in [1.165, 1.54) is 12.8 Å². The van der Waals surface area contributed by atoms with Gasteiger partial charge in [0.25, 0.3) is 0 Å². The van der Waals surface area contributed by atoms with E-state index in [-0.39, 0.29) is 30.3 Å². The minimum absolute atomic E-state index is 0.0337. The second kappa shape index (κ2) is 13.6. The molecular weight excluding hydrogens is 512 g/mol. The van der Waals surface area contributed by atoms with Crippen molar-refractivity contribution in [2.75, 3.05) is 13.2 Å². The number of carbonyl (C=O) groups is 2. The number of hydrogen-bond donors (Lipinski definition) is 2. The van der Waals surface area contributed by atoms with E-state index in [0.29, 0.717) is 18.8 Å². The van der Waals surface area contributed by atoms with Gasteiger partial charge in [-0.15, -0.1) is 0 Å². The van der Waals surface area contributed by atoms with Crippen LogP contribution in [0.15, 0.2) is 84.9 Å². The summed E-state index contributed by atoms with van der Waals surface area (Å²) in [6.45, 7) is 2.50. The van der Waals surface area contributed by atoms with Gasteiger partial charge >= 0.3 is 5.97 Å². The average Bonchev–Trinajstić information content (AvgIpc) is 3.16. The highest BCUT2D eigenvalue weighted by Gasteiger charge is 2.32. The van der Waals surface area contributed by atoms with Gasteiger partial charge in [0.2, 0.25) is 5.91 Å². The number of fused-ring (bicyclic) bond motifs is 1. The van der Waals surface area contributed by atoms with Crippen LogP contribution in [0.3, 0.4) is 0 Å². The fourth-order valence-electron chi connectivity index (χ4n) is 6.23. The van der Waals surface area contributed by atoms with Crippen LogP contribution >= 0.6 is 0 Å². The third-order valence-corrected chi connectivity index (χ3v) is 8.33. The van der Waals surface area contributed by atoms with Crippen molar-refractivity contribution in [1.29, 1.82) is 0 Å². The minimum atomic E-state index is -0.445. The molecule has 1 saturated carbocycles. The summed E-state index contributed by atoms with van der Waals surface area (Å²) in [6.07, 6.45) is 6.72. The molecule has 0 bridgehead atoms. The molecule has 1 fully saturated rings. The lowest BCUT2D eigenvalue weighted by Gasteiger charge is -2.28. The molecule has 0 radical (unpaired) electrons. The van der Waals surface area contributed by atoms with Crippen molar-refractivity contribution in [3.63, 3.8) is 0 Å². The molecule has 2 N–H and O–H groups in total. The first-order valence-electron chi connectivity index (χ1n) is 14.9. The normalized spacial score (nSPS) is 15.7. The van der Waals surface area contributed by atoms with E-state index in [9.17, 15) is 14.7 Å². The first kappa shape index (κ1) is 28.6. The number of para-hydroxylation sites is 1. The molecule has 5 rings (SSSR count). The van der Waals surface area contributed by atoms with Crippen molar-refractivity contribution in [1.82, 2.24) is 9.88 Å². The second-order valence-electron chi connectivity index (χ2n) is 11.0. The van der Waals surface area contributed by atoms with Crippen LogP contribution in [0.4, 0.5) is 0 Å². The molecule has 1 aromatic heterocycles. The monoisotopic (exact) mass is 552 g/mol. The number of aliphatic hydroxyl groups excluding tert-OH is 1. The topological polar surface area (TPSA) is 80.6 Å². The van der Waals surface area contributed by atoms with Gasteiger partial charge in [-0.2, -0.15) is 0 Å². The Morgan fingerprint density at radius 1 is 0.902 bits per heavy atom. The number of aromatic nitrogens is 1. The number of nitrogens with one attached hydrogen (secondary N) is 1. The molecule has 2 unspecified atom stereocenters. The molecule has 1 aliphatic rings. The van der Waals surface area contributed by atoms with Crippen molar-refractivity contribution < 1.29 is 19.4 Å². The summed E-state index contributed by atoms with van der Waals surface area (Å²) in [5, 5.41) is 14.3. The van der Waals surface area contributed by atoms with Gasteiger partial charge in [-0.05, 0) is 54.5 Å². The fourth-order valence-corrected chi connectivity index (χ4v) is 6.23. The van der Waals surface area contributed by atoms with E-state index < -0.39 is 6.04 Å². The van der Waals surface area contributed by atoms with E-state index >= 15 is 0 Å². The summed E-state index contributed by atoms with van der Waals surface area (Å²) in [7, 11) is 0. The number of benzene rings is 3. The van der Waals surface area contributed by atoms with Crippen LogP contribution in [-0.2, 0) is 16.1 Å². The molecular formula is C35H40N2O4. The molecule has 6 nitrogen and oxygen atoms in total. The van der Waals surface area contributed by atoms with Gasteiger partial charge in [0.1, 0.15) is 5.69 Å². The molecule has 6 heteroatoms. The maximum atomic E-state index is 13.9. The zero-order valence-corrected chi connectivity index (χ0v) is 23.8. The van der Waals surface area contributed by atoms with Gasteiger partial charge in [-0.25, -0.2) is 4.79 Å². The highest BCUT2D eigenvalue weighted by molar-refractivity contribution is 5.95. The minimum Gasteiger partial charge on any atom is -0.461 e. The predicted octanol–water partition coefficient (Wildman–Crippen LogP) is 6.77. The number of carbonyl (C=O) groups excluding carboxylic acids is 2. The Kier molecular flexibility index (Phi) is 9.52. The lowest BCUT2D eigenvalue weighted by atomic mass is 9.80. The lowest BCUT2D eigenvalue weighted by molar-refractivity contribution is -0.125. The number of aliphatic hydroxyl groups is 1. The summed E-state index contributed by atoms with van der Waals surface area (Å²) in [6, 6.07) is 27.3. The Hall–Kier alpha value is -3.90. The van der Waals surface area contributed by atoms with Gasteiger partial charge in [-0.3, -0.25) is 4.79 Å². The Bertz CT molecular complexity index is 1440. The van der Waals surface area contributed by atoms with E-state index in [4.69, 9.17) is 4.74 Å². The van der Waals surface area contributed by atoms with E-state index in [0.717, 1.165) is 53.3 Å². The van der Waals surface area contributed by atoms with Crippen LogP contribution in [-0.4, -0.2) is 34.8 Å². The highest BCUT2D eigenvalue weighted by atomic mass is 16.5. The van der Waals surface area contributed by atoms with Crippen molar-refractivity contribution >= 4 is 22.8 Å². The van der Waals surface area contributed by atoms with Crippen molar-refractivity contribution in [2.24, 2.45) is 5.92 Å². The molecule has 1 amide bonds. The average molecular weight is 553 g/mol. The number of amides is 1. The number of esters is 1. The molecule has 0 saturated heterocycles. The maximum absolute atomic E-state index is 13.9. The lowest BCUT2D eigenvalue weighted by Crippen LogP contribution is -2.37. The van der Waals surface area contributed by atoms with Gasteiger partial charge in [0, 0.05) is 17.4 Å². The molecule has 214 valence electrons. The van der Waals surface area contributed by atoms with Crippen LogP contribution in [0, 0.1) is 5.92 Å². The third-order valence-electron chi connectivity index (χ3n) is 8.33. The van der Waals surface area contributed by atoms with Crippen LogP contribution in [0.5, 0.6) is 0 Å². The molecule has 1 heterocycles. The molecule has 1 aliphatic carbocycles. The van der Waals surface area contributed by atoms with Crippen LogP contribution in [0.25, 0.3) is 10.9 Å². The zero-order chi connectivity index (χ0) is 28.6. The summed E-state index contributed by atoms with van der Waals surface area (Å²) < 4.78 is 7.34. The molecule has 4 aromatic rings. The molecule has 0 aliphatic heterocycles. The SMILES string of the molecule is CCOC(=O)c1cc2ccccc2n1Cc1ccc(C(C(=O)NC(CO)c2ccccc2)C2CCCCCC2)cc1. The molecule has 2 atom stereocenters. The Labute approximate surface area is 242 Å². The van der Waals surface area contributed by atoms with Gasteiger partial charge in [0.15, 0.2) is 0 Å². The molecule has 0 spiro atoms. The van der Waals surface area contributed by atoms with E-state index in [2.05, 4.69) is 29.6 Å². The first-order chi connectivity index (χ1) is 20.1. The van der Waals surface area contributed by atoms with Gasteiger partial charge in [0.05, 0.1) is 25.2 Å². The Balaban J connectivity index is 1.42. The number of nitrogens with zero attached hydrogens (tertiary/aromatic N) is 1. The largest absolute Gasteiger partial charge is 0.461 e. The third kappa shape index (κ3) is 6.71. The van der Waals surface area contributed by atoms with Crippen LogP contribution < -0.4 is 5.32 Å². The van der Waals surface area contributed by atoms with Gasteiger partial charge < -0.3 is 19.7 Å². The van der Waals surface area contributed by atoms with E-state index in [1.807, 2.05) is 72.2 Å². The van der Waals surface area contributed by atoms with Gasteiger partial charge in [-0.1, -0.05) is 98.5 Å². The summed E-state index contributed by atoms with van der Waals surface area (Å²) >= 11 is 0. The van der Waals surface area contributed by atoms with Crippen LogP contribution in [0.1, 0.15) is 84.6 Å². The summed E-state index contributed by atoms with van der Waals surface area (Å²) in [4.78, 5) is 26.6. The van der Waals surface area contributed by atoms with Crippen molar-refractivity contribution in [2.45, 2.75) is 64.0 Å². The summed E-state index contributed by atoms with van der Waals surface area (Å²) in [5.74, 6) is -0.402. The smallest absolute Gasteiger partial charge is 0.354 e. The predicted molar refractivity (Wildman–Crippen MR) is 162 cm³/mol. The standard InChI is InChI=1S/C35H40N2O4/c1-2-41-35(40)32-22-29-16-10-11-17-31(29)37(32)23-25-18-20-28(21-19-25)33(27-14-6-3-4-7-15-27)34(39)36-30(24-38)26-12-8-5-9-13-26/h5,8-13,16-22,27,30,33,38H,2-4,6-7,14-15,23-24H2,1H3,(H,36,39).